The highest BCUT2D eigenvalue weighted by atomic mass is 79.9. The van der Waals surface area contributed by atoms with E-state index in [1.54, 1.807) is 12.3 Å². The van der Waals surface area contributed by atoms with Gasteiger partial charge in [-0.2, -0.15) is 0 Å². The Hall–Kier alpha value is -1.33. The summed E-state index contributed by atoms with van der Waals surface area (Å²) in [6.07, 6.45) is 1.77. The van der Waals surface area contributed by atoms with Crippen LogP contribution in [0.5, 0.6) is 0 Å². The zero-order valence-corrected chi connectivity index (χ0v) is 12.3. The SMILES string of the molecule is Brc1cc(Br)nc(-c2nccc3ccccc23)n1. The molecule has 88 valence electrons. The smallest absolute Gasteiger partial charge is 0.180 e. The first kappa shape index (κ1) is 11.7. The highest BCUT2D eigenvalue weighted by Crippen LogP contribution is 2.25. The summed E-state index contributed by atoms with van der Waals surface area (Å²) in [5, 5.41) is 2.17. The molecule has 0 aliphatic rings. The molecule has 18 heavy (non-hydrogen) atoms. The summed E-state index contributed by atoms with van der Waals surface area (Å²) in [7, 11) is 0. The Morgan fingerprint density at radius 1 is 0.889 bits per heavy atom. The predicted octanol–water partition coefficient (Wildman–Crippen LogP) is 4.22. The lowest BCUT2D eigenvalue weighted by molar-refractivity contribution is 1.10. The van der Waals surface area contributed by atoms with Crippen molar-refractivity contribution < 1.29 is 0 Å². The second kappa shape index (κ2) is 4.74. The highest BCUT2D eigenvalue weighted by Gasteiger charge is 2.09. The van der Waals surface area contributed by atoms with E-state index in [4.69, 9.17) is 0 Å². The number of hydrogen-bond acceptors (Lipinski definition) is 3. The van der Waals surface area contributed by atoms with Crippen LogP contribution >= 0.6 is 31.9 Å². The van der Waals surface area contributed by atoms with Gasteiger partial charge in [0, 0.05) is 17.6 Å². The van der Waals surface area contributed by atoms with Crippen LogP contribution < -0.4 is 0 Å². The van der Waals surface area contributed by atoms with Crippen molar-refractivity contribution in [3.05, 3.63) is 51.8 Å². The number of halogens is 2. The van der Waals surface area contributed by atoms with Crippen LogP contribution in [0, 0.1) is 0 Å². The van der Waals surface area contributed by atoms with E-state index in [1.807, 2.05) is 30.3 Å². The molecule has 0 spiro atoms. The van der Waals surface area contributed by atoms with Crippen LogP contribution in [0.3, 0.4) is 0 Å². The van der Waals surface area contributed by atoms with Crippen molar-refractivity contribution in [2.45, 2.75) is 0 Å². The first-order valence-corrected chi connectivity index (χ1v) is 6.87. The third kappa shape index (κ3) is 2.15. The van der Waals surface area contributed by atoms with Crippen LogP contribution in [-0.4, -0.2) is 15.0 Å². The van der Waals surface area contributed by atoms with E-state index in [-0.39, 0.29) is 0 Å². The molecule has 0 amide bonds. The van der Waals surface area contributed by atoms with Gasteiger partial charge in [0.2, 0.25) is 0 Å². The van der Waals surface area contributed by atoms with E-state index in [0.29, 0.717) is 5.82 Å². The Kier molecular flexibility index (Phi) is 3.09. The Morgan fingerprint density at radius 3 is 2.39 bits per heavy atom. The van der Waals surface area contributed by atoms with Crippen LogP contribution in [0.25, 0.3) is 22.3 Å². The molecule has 2 heterocycles. The van der Waals surface area contributed by atoms with Gasteiger partial charge in [0.15, 0.2) is 5.82 Å². The highest BCUT2D eigenvalue weighted by molar-refractivity contribution is 9.11. The summed E-state index contributed by atoms with van der Waals surface area (Å²) >= 11 is 6.73. The van der Waals surface area contributed by atoms with Crippen LogP contribution in [0.2, 0.25) is 0 Å². The third-order valence-electron chi connectivity index (χ3n) is 2.55. The lowest BCUT2D eigenvalue weighted by atomic mass is 10.1. The fourth-order valence-electron chi connectivity index (χ4n) is 1.79. The molecule has 0 unspecified atom stereocenters. The molecule has 0 aliphatic heterocycles. The van der Waals surface area contributed by atoms with E-state index in [2.05, 4.69) is 46.8 Å². The minimum atomic E-state index is 0.605. The molecule has 0 N–H and O–H groups in total. The summed E-state index contributed by atoms with van der Waals surface area (Å²) in [5.74, 6) is 0.605. The van der Waals surface area contributed by atoms with Crippen molar-refractivity contribution in [3.8, 4) is 11.5 Å². The second-order valence-electron chi connectivity index (χ2n) is 3.72. The van der Waals surface area contributed by atoms with E-state index in [9.17, 15) is 0 Å². The van der Waals surface area contributed by atoms with Gasteiger partial charge in [-0.15, -0.1) is 0 Å². The fourth-order valence-corrected chi connectivity index (χ4v) is 2.87. The number of rotatable bonds is 1. The normalized spacial score (nSPS) is 10.8. The Balaban J connectivity index is 2.31. The third-order valence-corrected chi connectivity index (χ3v) is 3.36. The van der Waals surface area contributed by atoms with E-state index in [0.717, 1.165) is 25.7 Å². The Bertz CT molecular complexity index is 703. The number of benzene rings is 1. The van der Waals surface area contributed by atoms with Gasteiger partial charge in [0.1, 0.15) is 14.9 Å². The number of fused-ring (bicyclic) bond motifs is 1. The number of nitrogens with zero attached hydrogens (tertiary/aromatic N) is 3. The van der Waals surface area contributed by atoms with Gasteiger partial charge >= 0.3 is 0 Å². The van der Waals surface area contributed by atoms with Crippen molar-refractivity contribution >= 4 is 42.6 Å². The van der Waals surface area contributed by atoms with Crippen LogP contribution in [0.15, 0.2) is 51.8 Å². The lowest BCUT2D eigenvalue weighted by Crippen LogP contribution is -1.94. The van der Waals surface area contributed by atoms with Crippen LogP contribution in [-0.2, 0) is 0 Å². The van der Waals surface area contributed by atoms with Gasteiger partial charge in [-0.1, -0.05) is 24.3 Å². The molecule has 2 aromatic heterocycles. The molecule has 0 fully saturated rings. The van der Waals surface area contributed by atoms with Crippen molar-refractivity contribution in [3.63, 3.8) is 0 Å². The van der Waals surface area contributed by atoms with Gasteiger partial charge < -0.3 is 0 Å². The molecular formula is C13H7Br2N3. The maximum absolute atomic E-state index is 4.39. The maximum Gasteiger partial charge on any atom is 0.180 e. The molecule has 5 heteroatoms. The molecule has 3 nitrogen and oxygen atoms in total. The number of hydrogen-bond donors (Lipinski definition) is 0. The second-order valence-corrected chi connectivity index (χ2v) is 5.34. The van der Waals surface area contributed by atoms with Crippen molar-refractivity contribution in [1.29, 1.82) is 0 Å². The molecule has 1 aromatic carbocycles. The summed E-state index contributed by atoms with van der Waals surface area (Å²) in [6.45, 7) is 0. The molecule has 3 rings (SSSR count). The minimum Gasteiger partial charge on any atom is -0.252 e. The van der Waals surface area contributed by atoms with Gasteiger partial charge in [0.05, 0.1) is 0 Å². The minimum absolute atomic E-state index is 0.605. The average Bonchev–Trinajstić information content (AvgIpc) is 2.37. The average molecular weight is 365 g/mol. The molecule has 0 atom stereocenters. The molecule has 0 saturated heterocycles. The Morgan fingerprint density at radius 2 is 1.61 bits per heavy atom. The van der Waals surface area contributed by atoms with E-state index < -0.39 is 0 Å². The zero-order valence-electron chi connectivity index (χ0n) is 9.14. The molecule has 0 aliphatic carbocycles. The van der Waals surface area contributed by atoms with E-state index in [1.165, 1.54) is 0 Å². The predicted molar refractivity (Wildman–Crippen MR) is 78.2 cm³/mol. The maximum atomic E-state index is 4.39. The Labute approximate surface area is 121 Å². The first-order chi connectivity index (χ1) is 8.74. The standard InChI is InChI=1S/C13H7Br2N3/c14-10-7-11(15)18-13(17-10)12-9-4-2-1-3-8(9)5-6-16-12/h1-7H. The molecule has 0 saturated carbocycles. The fraction of sp³-hybridized carbons (Fsp3) is 0. The summed E-state index contributed by atoms with van der Waals surface area (Å²) in [6, 6.07) is 11.8. The number of aromatic nitrogens is 3. The van der Waals surface area contributed by atoms with Gasteiger partial charge in [0.25, 0.3) is 0 Å². The summed E-state index contributed by atoms with van der Waals surface area (Å²) in [5.41, 5.74) is 0.787. The number of pyridine rings is 1. The van der Waals surface area contributed by atoms with Gasteiger partial charge in [-0.3, -0.25) is 4.98 Å². The van der Waals surface area contributed by atoms with Crippen molar-refractivity contribution in [1.82, 2.24) is 15.0 Å². The first-order valence-electron chi connectivity index (χ1n) is 5.28. The molecule has 0 radical (unpaired) electrons. The topological polar surface area (TPSA) is 38.7 Å². The van der Waals surface area contributed by atoms with Gasteiger partial charge in [-0.25, -0.2) is 9.97 Å². The molecule has 0 bridgehead atoms. The largest absolute Gasteiger partial charge is 0.252 e. The summed E-state index contributed by atoms with van der Waals surface area (Å²) in [4.78, 5) is 13.1. The molecular weight excluding hydrogens is 358 g/mol. The summed E-state index contributed by atoms with van der Waals surface area (Å²) < 4.78 is 1.46. The monoisotopic (exact) mass is 363 g/mol. The van der Waals surface area contributed by atoms with Gasteiger partial charge in [-0.05, 0) is 43.3 Å². The van der Waals surface area contributed by atoms with Crippen molar-refractivity contribution in [2.24, 2.45) is 0 Å². The van der Waals surface area contributed by atoms with Crippen LogP contribution in [0.4, 0.5) is 0 Å². The lowest BCUT2D eigenvalue weighted by Gasteiger charge is -2.05. The zero-order chi connectivity index (χ0) is 12.5. The quantitative estimate of drug-likeness (QED) is 0.607. The molecule has 3 aromatic rings. The van der Waals surface area contributed by atoms with Crippen molar-refractivity contribution in [2.75, 3.05) is 0 Å². The van der Waals surface area contributed by atoms with Crippen LogP contribution in [0.1, 0.15) is 0 Å². The van der Waals surface area contributed by atoms with E-state index >= 15 is 0 Å².